The van der Waals surface area contributed by atoms with Crippen LogP contribution in [0.5, 0.6) is 0 Å². The van der Waals surface area contributed by atoms with Crippen LogP contribution in [-0.4, -0.2) is 24.5 Å². The molecule has 0 aromatic heterocycles. The molecule has 2 rings (SSSR count). The third-order valence-electron chi connectivity index (χ3n) is 4.27. The summed E-state index contributed by atoms with van der Waals surface area (Å²) in [6.07, 6.45) is -2.44. The Hall–Kier alpha value is -1.56. The predicted molar refractivity (Wildman–Crippen MR) is 78.6 cm³/mol. The zero-order chi connectivity index (χ0) is 16.4. The summed E-state index contributed by atoms with van der Waals surface area (Å²) in [5, 5.41) is 6.23. The average Bonchev–Trinajstić information content (AvgIpc) is 2.47. The maximum absolute atomic E-state index is 12.5. The van der Waals surface area contributed by atoms with Crippen molar-refractivity contribution >= 4 is 5.91 Å². The minimum Gasteiger partial charge on any atom is -0.347 e. The van der Waals surface area contributed by atoms with Crippen LogP contribution >= 0.6 is 0 Å². The van der Waals surface area contributed by atoms with Gasteiger partial charge in [-0.25, -0.2) is 0 Å². The van der Waals surface area contributed by atoms with Crippen LogP contribution in [-0.2, 0) is 6.18 Å². The Labute approximate surface area is 128 Å². The first-order valence-corrected chi connectivity index (χ1v) is 7.40. The van der Waals surface area contributed by atoms with Gasteiger partial charge in [0.25, 0.3) is 5.91 Å². The Morgan fingerprint density at radius 2 is 1.68 bits per heavy atom. The van der Waals surface area contributed by atoms with Crippen LogP contribution in [0, 0.1) is 5.92 Å². The highest BCUT2D eigenvalue weighted by Gasteiger charge is 2.33. The molecule has 0 saturated carbocycles. The molecule has 22 heavy (non-hydrogen) atoms. The predicted octanol–water partition coefficient (Wildman–Crippen LogP) is 3.21. The zero-order valence-electron chi connectivity index (χ0n) is 12.8. The Kier molecular flexibility index (Phi) is 4.80. The summed E-state index contributed by atoms with van der Waals surface area (Å²) in [5.74, 6) is 0.0180. The van der Waals surface area contributed by atoms with Crippen molar-refractivity contribution in [2.45, 2.75) is 38.4 Å². The number of hydrogen-bond acceptors (Lipinski definition) is 2. The van der Waals surface area contributed by atoms with E-state index in [9.17, 15) is 18.0 Å². The molecule has 1 aliphatic rings. The third kappa shape index (κ3) is 4.00. The molecule has 1 aromatic carbocycles. The van der Waals surface area contributed by atoms with Gasteiger partial charge in [-0.3, -0.25) is 4.79 Å². The van der Waals surface area contributed by atoms with Crippen molar-refractivity contribution in [3.05, 3.63) is 35.4 Å². The topological polar surface area (TPSA) is 41.1 Å². The van der Waals surface area contributed by atoms with Crippen LogP contribution < -0.4 is 10.6 Å². The second kappa shape index (κ2) is 6.28. The first-order chi connectivity index (χ1) is 10.2. The minimum atomic E-state index is -4.39. The van der Waals surface area contributed by atoms with E-state index in [1.165, 1.54) is 12.1 Å². The van der Waals surface area contributed by atoms with Crippen LogP contribution in [0.25, 0.3) is 0 Å². The summed E-state index contributed by atoms with van der Waals surface area (Å²) < 4.78 is 37.6. The van der Waals surface area contributed by atoms with Gasteiger partial charge in [0.2, 0.25) is 0 Å². The number of piperidine rings is 1. The van der Waals surface area contributed by atoms with E-state index in [0.29, 0.717) is 5.92 Å². The average molecular weight is 314 g/mol. The summed E-state index contributed by atoms with van der Waals surface area (Å²) in [4.78, 5) is 12.3. The van der Waals surface area contributed by atoms with E-state index in [-0.39, 0.29) is 17.0 Å². The van der Waals surface area contributed by atoms with Gasteiger partial charge in [-0.2, -0.15) is 13.2 Å². The lowest BCUT2D eigenvalue weighted by Gasteiger charge is -2.38. The Morgan fingerprint density at radius 3 is 2.18 bits per heavy atom. The molecule has 1 saturated heterocycles. The molecule has 122 valence electrons. The molecule has 0 atom stereocenters. The molecule has 0 spiro atoms. The van der Waals surface area contributed by atoms with Crippen LogP contribution in [0.1, 0.15) is 42.6 Å². The number of halogens is 3. The van der Waals surface area contributed by atoms with Crippen molar-refractivity contribution in [2.75, 3.05) is 13.1 Å². The molecule has 3 nitrogen and oxygen atoms in total. The van der Waals surface area contributed by atoms with Crippen molar-refractivity contribution in [1.29, 1.82) is 0 Å². The summed E-state index contributed by atoms with van der Waals surface area (Å²) in [5.41, 5.74) is -0.890. The largest absolute Gasteiger partial charge is 0.416 e. The van der Waals surface area contributed by atoms with E-state index in [1.54, 1.807) is 0 Å². The smallest absolute Gasteiger partial charge is 0.347 e. The fraction of sp³-hybridized carbons (Fsp3) is 0.562. The SMILES string of the molecule is CC(C)(NC(=O)c1ccc(C(F)(F)F)cc1)C1CCNCC1. The fourth-order valence-corrected chi connectivity index (χ4v) is 2.82. The molecule has 0 aliphatic carbocycles. The van der Waals surface area contributed by atoms with Crippen molar-refractivity contribution in [3.8, 4) is 0 Å². The number of rotatable bonds is 3. The molecule has 1 aliphatic heterocycles. The molecule has 1 aromatic rings. The molecule has 1 amide bonds. The lowest BCUT2D eigenvalue weighted by Crippen LogP contribution is -2.51. The van der Waals surface area contributed by atoms with Crippen LogP contribution in [0.15, 0.2) is 24.3 Å². The van der Waals surface area contributed by atoms with Gasteiger partial charge in [-0.05, 0) is 70.0 Å². The minimum absolute atomic E-state index is 0.245. The van der Waals surface area contributed by atoms with Gasteiger partial charge in [-0.15, -0.1) is 0 Å². The van der Waals surface area contributed by atoms with Crippen molar-refractivity contribution in [2.24, 2.45) is 5.92 Å². The third-order valence-corrected chi connectivity index (χ3v) is 4.27. The normalized spacial score (nSPS) is 17.3. The zero-order valence-corrected chi connectivity index (χ0v) is 12.8. The molecule has 0 radical (unpaired) electrons. The lowest BCUT2D eigenvalue weighted by molar-refractivity contribution is -0.137. The monoisotopic (exact) mass is 314 g/mol. The molecule has 0 bridgehead atoms. The van der Waals surface area contributed by atoms with Crippen LogP contribution in [0.2, 0.25) is 0 Å². The highest BCUT2D eigenvalue weighted by molar-refractivity contribution is 5.94. The number of alkyl halides is 3. The number of benzene rings is 1. The summed E-state index contributed by atoms with van der Waals surface area (Å²) in [6.45, 7) is 5.77. The number of nitrogens with one attached hydrogen (secondary N) is 2. The maximum atomic E-state index is 12.5. The molecular weight excluding hydrogens is 293 g/mol. The molecule has 0 unspecified atom stereocenters. The van der Waals surface area contributed by atoms with E-state index < -0.39 is 11.7 Å². The number of carbonyl (C=O) groups is 1. The van der Waals surface area contributed by atoms with Gasteiger partial charge in [0.15, 0.2) is 0 Å². The Bertz CT molecular complexity index is 517. The maximum Gasteiger partial charge on any atom is 0.416 e. The quantitative estimate of drug-likeness (QED) is 0.899. The second-order valence-electron chi connectivity index (χ2n) is 6.28. The standard InChI is InChI=1S/C16H21F3N2O/c1-15(2,12-7-9-20-10-8-12)21-14(22)11-3-5-13(6-4-11)16(17,18)19/h3-6,12,20H,7-10H2,1-2H3,(H,21,22). The van der Waals surface area contributed by atoms with E-state index in [0.717, 1.165) is 38.1 Å². The highest BCUT2D eigenvalue weighted by Crippen LogP contribution is 2.29. The van der Waals surface area contributed by atoms with E-state index in [2.05, 4.69) is 10.6 Å². The van der Waals surface area contributed by atoms with Crippen molar-refractivity contribution in [3.63, 3.8) is 0 Å². The second-order valence-corrected chi connectivity index (χ2v) is 6.28. The van der Waals surface area contributed by atoms with E-state index in [4.69, 9.17) is 0 Å². The van der Waals surface area contributed by atoms with Crippen LogP contribution in [0.3, 0.4) is 0 Å². The fourth-order valence-electron chi connectivity index (χ4n) is 2.82. The summed E-state index contributed by atoms with van der Waals surface area (Å²) >= 11 is 0. The van der Waals surface area contributed by atoms with Gasteiger partial charge in [0.1, 0.15) is 0 Å². The highest BCUT2D eigenvalue weighted by atomic mass is 19.4. The number of hydrogen-bond donors (Lipinski definition) is 2. The molecular formula is C16H21F3N2O. The Balaban J connectivity index is 2.05. The number of amides is 1. The lowest BCUT2D eigenvalue weighted by atomic mass is 9.80. The molecule has 1 fully saturated rings. The number of carbonyl (C=O) groups excluding carboxylic acids is 1. The Morgan fingerprint density at radius 1 is 1.14 bits per heavy atom. The van der Waals surface area contributed by atoms with Crippen LogP contribution in [0.4, 0.5) is 13.2 Å². The van der Waals surface area contributed by atoms with Gasteiger partial charge in [0.05, 0.1) is 5.56 Å². The first kappa shape index (κ1) is 16.8. The van der Waals surface area contributed by atoms with Crippen molar-refractivity contribution in [1.82, 2.24) is 10.6 Å². The van der Waals surface area contributed by atoms with Gasteiger partial charge < -0.3 is 10.6 Å². The molecule has 6 heteroatoms. The van der Waals surface area contributed by atoms with E-state index in [1.807, 2.05) is 13.8 Å². The van der Waals surface area contributed by atoms with Crippen molar-refractivity contribution < 1.29 is 18.0 Å². The molecule has 1 heterocycles. The van der Waals surface area contributed by atoms with Gasteiger partial charge >= 0.3 is 6.18 Å². The summed E-state index contributed by atoms with van der Waals surface area (Å²) in [7, 11) is 0. The first-order valence-electron chi connectivity index (χ1n) is 7.40. The van der Waals surface area contributed by atoms with Gasteiger partial charge in [0, 0.05) is 11.1 Å². The molecule has 2 N–H and O–H groups in total. The van der Waals surface area contributed by atoms with E-state index >= 15 is 0 Å². The van der Waals surface area contributed by atoms with Gasteiger partial charge in [-0.1, -0.05) is 0 Å². The summed E-state index contributed by atoms with van der Waals surface area (Å²) in [6, 6.07) is 4.31.